The van der Waals surface area contributed by atoms with Crippen molar-refractivity contribution in [3.8, 4) is 5.75 Å². The van der Waals surface area contributed by atoms with E-state index >= 15 is 0 Å². The summed E-state index contributed by atoms with van der Waals surface area (Å²) < 4.78 is 11.9. The first-order valence-electron chi connectivity index (χ1n) is 9.58. The van der Waals surface area contributed by atoms with Gasteiger partial charge in [0.25, 0.3) is 11.8 Å². The molecule has 2 aliphatic rings. The van der Waals surface area contributed by atoms with Crippen molar-refractivity contribution >= 4 is 11.8 Å². The molecule has 1 aliphatic carbocycles. The molecular formula is C21H27NO4. The molecule has 26 heavy (non-hydrogen) atoms. The number of fused-ring (bicyclic) bond motifs is 1. The van der Waals surface area contributed by atoms with Crippen LogP contribution in [0.15, 0.2) is 30.4 Å². The molecule has 140 valence electrons. The van der Waals surface area contributed by atoms with Gasteiger partial charge in [0.15, 0.2) is 0 Å². The van der Waals surface area contributed by atoms with Crippen LogP contribution in [0.3, 0.4) is 0 Å². The summed E-state index contributed by atoms with van der Waals surface area (Å²) in [5.41, 5.74) is 2.08. The molecule has 1 aromatic carbocycles. The number of hydrogen-bond donors (Lipinski definition) is 0. The largest absolute Gasteiger partial charge is 0.494 e. The van der Waals surface area contributed by atoms with Crippen LogP contribution in [0.25, 0.3) is 0 Å². The first kappa shape index (κ1) is 18.6. The zero-order valence-corrected chi connectivity index (χ0v) is 15.6. The molecule has 0 N–H and O–H groups in total. The number of benzene rings is 1. The zero-order chi connectivity index (χ0) is 18.5. The third-order valence-electron chi connectivity index (χ3n) is 4.92. The van der Waals surface area contributed by atoms with Gasteiger partial charge in [-0.25, -0.2) is 0 Å². The molecule has 0 saturated carbocycles. The molecule has 0 aromatic heterocycles. The predicted octanol–water partition coefficient (Wildman–Crippen LogP) is 3.57. The van der Waals surface area contributed by atoms with Crippen molar-refractivity contribution in [2.75, 3.05) is 13.2 Å². The van der Waals surface area contributed by atoms with Crippen molar-refractivity contribution in [1.29, 1.82) is 0 Å². The second-order valence-corrected chi connectivity index (χ2v) is 6.85. The van der Waals surface area contributed by atoms with Crippen molar-refractivity contribution in [2.45, 2.75) is 58.1 Å². The molecule has 0 spiro atoms. The minimum Gasteiger partial charge on any atom is -0.494 e. The van der Waals surface area contributed by atoms with E-state index in [-0.39, 0.29) is 24.0 Å². The summed E-state index contributed by atoms with van der Waals surface area (Å²) in [5.74, 6) is 0.308. The van der Waals surface area contributed by atoms with Gasteiger partial charge >= 0.3 is 0 Å². The summed E-state index contributed by atoms with van der Waals surface area (Å²) in [7, 11) is 0. The lowest BCUT2D eigenvalue weighted by atomic mass is 10.1. The summed E-state index contributed by atoms with van der Waals surface area (Å²) in [6.07, 6.45) is 7.28. The molecule has 0 saturated heterocycles. The molecule has 1 heterocycles. The standard InChI is InChI=1S/C21H27NO4/c1-3-5-11-25-16-7-8-17-15(13-16)14-18(26-12-6-4-2)21(17)22-19(23)9-10-20(22)24/h7-10,13,18,21H,3-6,11-12,14H2,1-2H3/t18-,21-/m0/s1. The van der Waals surface area contributed by atoms with Crippen molar-refractivity contribution in [3.63, 3.8) is 0 Å². The van der Waals surface area contributed by atoms with E-state index in [0.29, 0.717) is 19.6 Å². The van der Waals surface area contributed by atoms with Crippen LogP contribution in [-0.2, 0) is 20.7 Å². The molecule has 0 fully saturated rings. The van der Waals surface area contributed by atoms with Crippen molar-refractivity contribution in [1.82, 2.24) is 4.90 Å². The number of unbranched alkanes of at least 4 members (excludes halogenated alkanes) is 2. The maximum Gasteiger partial charge on any atom is 0.254 e. The molecule has 0 radical (unpaired) electrons. The summed E-state index contributed by atoms with van der Waals surface area (Å²) in [6, 6.07) is 5.57. The van der Waals surface area contributed by atoms with E-state index in [9.17, 15) is 9.59 Å². The number of carbonyl (C=O) groups excluding carboxylic acids is 2. The van der Waals surface area contributed by atoms with Gasteiger partial charge in [-0.1, -0.05) is 32.8 Å². The van der Waals surface area contributed by atoms with Gasteiger partial charge in [-0.2, -0.15) is 0 Å². The quantitative estimate of drug-likeness (QED) is 0.501. The average molecular weight is 357 g/mol. The topological polar surface area (TPSA) is 55.8 Å². The summed E-state index contributed by atoms with van der Waals surface area (Å²) in [5, 5.41) is 0. The molecule has 0 unspecified atom stereocenters. The van der Waals surface area contributed by atoms with E-state index in [1.54, 1.807) is 0 Å². The van der Waals surface area contributed by atoms with Crippen LogP contribution in [-0.4, -0.2) is 36.0 Å². The fourth-order valence-corrected chi connectivity index (χ4v) is 3.52. The van der Waals surface area contributed by atoms with Crippen LogP contribution in [0.4, 0.5) is 0 Å². The Hall–Kier alpha value is -2.14. The smallest absolute Gasteiger partial charge is 0.254 e. The number of hydrogen-bond acceptors (Lipinski definition) is 4. The van der Waals surface area contributed by atoms with E-state index in [4.69, 9.17) is 9.47 Å². The van der Waals surface area contributed by atoms with Crippen LogP contribution < -0.4 is 4.74 Å². The van der Waals surface area contributed by atoms with Crippen molar-refractivity contribution < 1.29 is 19.1 Å². The molecule has 1 aliphatic heterocycles. The highest BCUT2D eigenvalue weighted by Gasteiger charge is 2.43. The van der Waals surface area contributed by atoms with E-state index in [2.05, 4.69) is 13.8 Å². The molecule has 0 bridgehead atoms. The average Bonchev–Trinajstić information content (AvgIpc) is 3.14. The Kier molecular flexibility index (Phi) is 6.09. The Balaban J connectivity index is 1.82. The summed E-state index contributed by atoms with van der Waals surface area (Å²) in [4.78, 5) is 25.8. The van der Waals surface area contributed by atoms with E-state index in [1.165, 1.54) is 17.1 Å². The monoisotopic (exact) mass is 357 g/mol. The van der Waals surface area contributed by atoms with Gasteiger partial charge in [-0.05, 0) is 36.1 Å². The number of nitrogens with zero attached hydrogens (tertiary/aromatic N) is 1. The Morgan fingerprint density at radius 3 is 2.42 bits per heavy atom. The predicted molar refractivity (Wildman–Crippen MR) is 98.9 cm³/mol. The van der Waals surface area contributed by atoms with Crippen LogP contribution >= 0.6 is 0 Å². The zero-order valence-electron chi connectivity index (χ0n) is 15.6. The van der Waals surface area contributed by atoms with E-state index < -0.39 is 0 Å². The van der Waals surface area contributed by atoms with Crippen LogP contribution in [0, 0.1) is 0 Å². The third kappa shape index (κ3) is 3.83. The number of amides is 2. The highest BCUT2D eigenvalue weighted by atomic mass is 16.5. The van der Waals surface area contributed by atoms with Gasteiger partial charge in [-0.3, -0.25) is 14.5 Å². The Morgan fingerprint density at radius 1 is 1.04 bits per heavy atom. The number of carbonyl (C=O) groups is 2. The van der Waals surface area contributed by atoms with Gasteiger partial charge in [-0.15, -0.1) is 0 Å². The highest BCUT2D eigenvalue weighted by Crippen LogP contribution is 2.40. The Morgan fingerprint density at radius 2 is 1.73 bits per heavy atom. The summed E-state index contributed by atoms with van der Waals surface area (Å²) in [6.45, 7) is 5.58. The third-order valence-corrected chi connectivity index (χ3v) is 4.92. The molecule has 2 amide bonds. The first-order valence-corrected chi connectivity index (χ1v) is 9.58. The molecule has 5 heteroatoms. The number of rotatable bonds is 9. The van der Waals surface area contributed by atoms with Gasteiger partial charge in [0.1, 0.15) is 5.75 Å². The van der Waals surface area contributed by atoms with Gasteiger partial charge in [0.2, 0.25) is 0 Å². The first-order chi connectivity index (χ1) is 12.7. The van der Waals surface area contributed by atoms with Crippen LogP contribution in [0.2, 0.25) is 0 Å². The number of imide groups is 1. The van der Waals surface area contributed by atoms with E-state index in [1.807, 2.05) is 18.2 Å². The second kappa shape index (κ2) is 8.49. The lowest BCUT2D eigenvalue weighted by Gasteiger charge is -2.28. The molecule has 1 aromatic rings. The van der Waals surface area contributed by atoms with Gasteiger partial charge in [0.05, 0.1) is 18.8 Å². The molecule has 5 nitrogen and oxygen atoms in total. The minimum absolute atomic E-state index is 0.199. The normalized spacial score (nSPS) is 21.5. The van der Waals surface area contributed by atoms with Crippen molar-refractivity contribution in [2.24, 2.45) is 0 Å². The Bertz CT molecular complexity index is 679. The van der Waals surface area contributed by atoms with Gasteiger partial charge in [0, 0.05) is 25.2 Å². The SMILES string of the molecule is CCCCOc1ccc2c(c1)C[C@H](OCCCC)[C@H]2N1C(=O)C=CC1=O. The van der Waals surface area contributed by atoms with E-state index in [0.717, 1.165) is 42.6 Å². The molecule has 2 atom stereocenters. The maximum absolute atomic E-state index is 12.2. The van der Waals surface area contributed by atoms with Gasteiger partial charge < -0.3 is 9.47 Å². The highest BCUT2D eigenvalue weighted by molar-refractivity contribution is 6.13. The second-order valence-electron chi connectivity index (χ2n) is 6.85. The lowest BCUT2D eigenvalue weighted by Crippen LogP contribution is -2.39. The molecule has 3 rings (SSSR count). The van der Waals surface area contributed by atoms with Crippen LogP contribution in [0.5, 0.6) is 5.75 Å². The minimum atomic E-state index is -0.360. The summed E-state index contributed by atoms with van der Waals surface area (Å²) >= 11 is 0. The fraction of sp³-hybridized carbons (Fsp3) is 0.524. The molecular weight excluding hydrogens is 330 g/mol. The van der Waals surface area contributed by atoms with Crippen LogP contribution in [0.1, 0.15) is 56.7 Å². The Labute approximate surface area is 155 Å². The maximum atomic E-state index is 12.2. The fourth-order valence-electron chi connectivity index (χ4n) is 3.52. The van der Waals surface area contributed by atoms with Crippen molar-refractivity contribution in [3.05, 3.63) is 41.5 Å². The lowest BCUT2D eigenvalue weighted by molar-refractivity contribution is -0.143. The number of ether oxygens (including phenoxy) is 2.